The van der Waals surface area contributed by atoms with Crippen LogP contribution in [-0.4, -0.2) is 82.0 Å². The van der Waals surface area contributed by atoms with Gasteiger partial charge < -0.3 is 29.9 Å². The summed E-state index contributed by atoms with van der Waals surface area (Å²) < 4.78 is 11.7. The van der Waals surface area contributed by atoms with Gasteiger partial charge in [-0.25, -0.2) is 14.8 Å². The maximum Gasteiger partial charge on any atom is 0.323 e. The molecule has 192 valence electrons. The lowest BCUT2D eigenvalue weighted by Crippen LogP contribution is -2.46. The Morgan fingerprint density at radius 1 is 0.946 bits per heavy atom. The van der Waals surface area contributed by atoms with E-state index in [4.69, 9.17) is 24.4 Å². The Balaban J connectivity index is 1.25. The van der Waals surface area contributed by atoms with Gasteiger partial charge in [-0.15, -0.1) is 0 Å². The fourth-order valence-corrected chi connectivity index (χ4v) is 4.91. The first-order valence-electron chi connectivity index (χ1n) is 12.5. The third kappa shape index (κ3) is 5.30. The van der Waals surface area contributed by atoms with E-state index in [0.29, 0.717) is 42.3 Å². The van der Waals surface area contributed by atoms with E-state index >= 15 is 0 Å². The number of nitrogens with one attached hydrogen (secondary N) is 2. The Morgan fingerprint density at radius 3 is 2.38 bits per heavy atom. The van der Waals surface area contributed by atoms with Crippen molar-refractivity contribution in [2.75, 3.05) is 53.3 Å². The highest BCUT2D eigenvalue weighted by Crippen LogP contribution is 2.30. The molecule has 2 N–H and O–H groups in total. The van der Waals surface area contributed by atoms with Crippen LogP contribution in [0.2, 0.25) is 0 Å². The summed E-state index contributed by atoms with van der Waals surface area (Å²) in [5.74, 6) is 1.92. The molecule has 3 fully saturated rings. The minimum Gasteiger partial charge on any atom is -0.377 e. The quantitative estimate of drug-likeness (QED) is 0.536. The molecule has 3 aromatic rings. The smallest absolute Gasteiger partial charge is 0.323 e. The summed E-state index contributed by atoms with van der Waals surface area (Å²) in [4.78, 5) is 39.1. The standard InChI is InChI=1S/C25H29N9O3/c1-16-14-36-9-8-34(16)24-31-22(30-23(32-24)33-12-20-6-7-21(13-33)37-20)17-2-4-18(5-3-17)28-25(35)29-19-10-26-15-27-11-19/h2-5,10-11,15-16,20-21H,6-9,12-14H2,1H3,(H2,28,29,35). The zero-order valence-corrected chi connectivity index (χ0v) is 20.6. The van der Waals surface area contributed by atoms with E-state index in [2.05, 4.69) is 37.3 Å². The van der Waals surface area contributed by atoms with Crippen LogP contribution >= 0.6 is 0 Å². The minimum absolute atomic E-state index is 0.165. The molecule has 2 aromatic heterocycles. The van der Waals surface area contributed by atoms with Gasteiger partial charge in [-0.1, -0.05) is 0 Å². The third-order valence-corrected chi connectivity index (χ3v) is 6.78. The molecule has 0 spiro atoms. The topological polar surface area (TPSA) is 131 Å². The Kier molecular flexibility index (Phi) is 6.49. The van der Waals surface area contributed by atoms with Gasteiger partial charge in [0, 0.05) is 30.9 Å². The maximum atomic E-state index is 12.3. The van der Waals surface area contributed by atoms with Gasteiger partial charge >= 0.3 is 6.03 Å². The number of anilines is 4. The molecular formula is C25H29N9O3. The second-order valence-electron chi connectivity index (χ2n) is 9.52. The first-order chi connectivity index (χ1) is 18.1. The fraction of sp³-hybridized carbons (Fsp3) is 0.440. The van der Waals surface area contributed by atoms with Gasteiger partial charge in [0.2, 0.25) is 11.9 Å². The lowest BCUT2D eigenvalue weighted by Gasteiger charge is -2.35. The summed E-state index contributed by atoms with van der Waals surface area (Å²) >= 11 is 0. The van der Waals surface area contributed by atoms with E-state index in [0.717, 1.165) is 38.0 Å². The molecular weight excluding hydrogens is 474 g/mol. The average molecular weight is 504 g/mol. The highest BCUT2D eigenvalue weighted by molar-refractivity contribution is 5.99. The van der Waals surface area contributed by atoms with Gasteiger partial charge in [-0.2, -0.15) is 15.0 Å². The number of amides is 2. The zero-order valence-electron chi connectivity index (χ0n) is 20.6. The van der Waals surface area contributed by atoms with Crippen LogP contribution in [0.5, 0.6) is 0 Å². The summed E-state index contributed by atoms with van der Waals surface area (Å²) in [5, 5.41) is 5.52. The van der Waals surface area contributed by atoms with Crippen LogP contribution in [0.1, 0.15) is 19.8 Å². The van der Waals surface area contributed by atoms with Crippen molar-refractivity contribution in [1.29, 1.82) is 0 Å². The van der Waals surface area contributed by atoms with Crippen molar-refractivity contribution in [3.8, 4) is 11.4 Å². The Morgan fingerprint density at radius 2 is 1.65 bits per heavy atom. The molecule has 3 aliphatic heterocycles. The normalized spacial score (nSPS) is 23.1. The van der Waals surface area contributed by atoms with Gasteiger partial charge in [0.15, 0.2) is 5.82 Å². The van der Waals surface area contributed by atoms with Gasteiger partial charge in [-0.3, -0.25) is 0 Å². The molecule has 6 rings (SSSR count). The van der Waals surface area contributed by atoms with Crippen molar-refractivity contribution in [2.24, 2.45) is 0 Å². The van der Waals surface area contributed by atoms with Crippen LogP contribution in [0.3, 0.4) is 0 Å². The third-order valence-electron chi connectivity index (χ3n) is 6.78. The van der Waals surface area contributed by atoms with Crippen molar-refractivity contribution >= 4 is 29.3 Å². The summed E-state index contributed by atoms with van der Waals surface area (Å²) in [6.45, 7) is 5.67. The summed E-state index contributed by atoms with van der Waals surface area (Å²) in [6, 6.07) is 7.23. The molecule has 0 radical (unpaired) electrons. The number of carbonyl (C=O) groups is 1. The zero-order chi connectivity index (χ0) is 25.2. The molecule has 0 saturated carbocycles. The van der Waals surface area contributed by atoms with Crippen LogP contribution in [0.25, 0.3) is 11.4 Å². The molecule has 1 aromatic carbocycles. The SMILES string of the molecule is CC1COCCN1c1nc(-c2ccc(NC(=O)Nc3cncnc3)cc2)nc(N2CC3CCC(C2)O3)n1. The van der Waals surface area contributed by atoms with Crippen LogP contribution in [0.15, 0.2) is 43.0 Å². The molecule has 3 saturated heterocycles. The van der Waals surface area contributed by atoms with Crippen LogP contribution in [-0.2, 0) is 9.47 Å². The van der Waals surface area contributed by atoms with Gasteiger partial charge in [0.05, 0.1) is 49.5 Å². The maximum absolute atomic E-state index is 12.3. The number of nitrogens with zero attached hydrogens (tertiary/aromatic N) is 7. The summed E-state index contributed by atoms with van der Waals surface area (Å²) in [6.07, 6.45) is 7.06. The Bertz CT molecular complexity index is 1230. The van der Waals surface area contributed by atoms with E-state index in [9.17, 15) is 4.79 Å². The second kappa shape index (κ2) is 10.2. The largest absolute Gasteiger partial charge is 0.377 e. The molecule has 3 aliphatic rings. The van der Waals surface area contributed by atoms with Crippen LogP contribution < -0.4 is 20.4 Å². The van der Waals surface area contributed by atoms with Crippen molar-refractivity contribution in [3.63, 3.8) is 0 Å². The lowest BCUT2D eigenvalue weighted by molar-refractivity contribution is 0.0299. The van der Waals surface area contributed by atoms with Crippen LogP contribution in [0, 0.1) is 0 Å². The lowest BCUT2D eigenvalue weighted by atomic mass is 10.2. The number of benzene rings is 1. The highest BCUT2D eigenvalue weighted by atomic mass is 16.5. The van der Waals surface area contributed by atoms with Crippen molar-refractivity contribution in [1.82, 2.24) is 24.9 Å². The molecule has 0 aliphatic carbocycles. The van der Waals surface area contributed by atoms with E-state index < -0.39 is 0 Å². The molecule has 12 heteroatoms. The minimum atomic E-state index is -0.379. The van der Waals surface area contributed by atoms with E-state index in [1.807, 2.05) is 24.3 Å². The summed E-state index contributed by atoms with van der Waals surface area (Å²) in [7, 11) is 0. The van der Waals surface area contributed by atoms with Gasteiger partial charge in [-0.05, 0) is 44.0 Å². The van der Waals surface area contributed by atoms with E-state index in [1.54, 1.807) is 0 Å². The first kappa shape index (κ1) is 23.5. The molecule has 37 heavy (non-hydrogen) atoms. The summed E-state index contributed by atoms with van der Waals surface area (Å²) in [5.41, 5.74) is 1.99. The number of rotatable bonds is 5. The Labute approximate surface area is 214 Å². The predicted octanol–water partition coefficient (Wildman–Crippen LogP) is 2.57. The number of ether oxygens (including phenoxy) is 2. The fourth-order valence-electron chi connectivity index (χ4n) is 4.91. The molecule has 3 atom stereocenters. The van der Waals surface area contributed by atoms with Gasteiger partial charge in [0.1, 0.15) is 6.33 Å². The number of hydrogen-bond acceptors (Lipinski definition) is 10. The first-order valence-corrected chi connectivity index (χ1v) is 12.5. The monoisotopic (exact) mass is 503 g/mol. The number of morpholine rings is 2. The molecule has 5 heterocycles. The molecule has 12 nitrogen and oxygen atoms in total. The molecule has 2 bridgehead atoms. The number of urea groups is 1. The molecule has 2 amide bonds. The van der Waals surface area contributed by atoms with Crippen molar-refractivity contribution < 1.29 is 14.3 Å². The van der Waals surface area contributed by atoms with Gasteiger partial charge in [0.25, 0.3) is 0 Å². The number of aromatic nitrogens is 5. The van der Waals surface area contributed by atoms with E-state index in [1.165, 1.54) is 18.7 Å². The average Bonchev–Trinajstić information content (AvgIpc) is 3.26. The predicted molar refractivity (Wildman–Crippen MR) is 138 cm³/mol. The van der Waals surface area contributed by atoms with Crippen molar-refractivity contribution in [3.05, 3.63) is 43.0 Å². The number of fused-ring (bicyclic) bond motifs is 2. The Hall–Kier alpha value is -3.90. The van der Waals surface area contributed by atoms with E-state index in [-0.39, 0.29) is 24.3 Å². The number of carbonyl (C=O) groups excluding carboxylic acids is 1. The van der Waals surface area contributed by atoms with Crippen LogP contribution in [0.4, 0.5) is 28.1 Å². The second-order valence-corrected chi connectivity index (χ2v) is 9.52. The highest BCUT2D eigenvalue weighted by Gasteiger charge is 2.35. The number of hydrogen-bond donors (Lipinski definition) is 2. The molecule has 3 unspecified atom stereocenters. The van der Waals surface area contributed by atoms with Crippen molar-refractivity contribution in [2.45, 2.75) is 38.0 Å².